The molecule has 1 amide bonds. The molecule has 25 heavy (non-hydrogen) atoms. The predicted octanol–water partition coefficient (Wildman–Crippen LogP) is 3.47. The number of aromatic nitrogens is 1. The molecule has 0 bridgehead atoms. The predicted molar refractivity (Wildman–Crippen MR) is 106 cm³/mol. The molecule has 1 aliphatic heterocycles. The lowest BCUT2D eigenvalue weighted by atomic mass is 10.1. The molecule has 1 aromatic heterocycles. The fourth-order valence-corrected chi connectivity index (χ4v) is 3.78. The second-order valence-electron chi connectivity index (χ2n) is 5.91. The number of nitrogens with zero attached hydrogens (tertiary/aromatic N) is 2. The Bertz CT molecular complexity index is 693. The van der Waals surface area contributed by atoms with Crippen molar-refractivity contribution in [1.29, 1.82) is 0 Å². The van der Waals surface area contributed by atoms with Crippen LogP contribution in [0.2, 0.25) is 0 Å². The minimum Gasteiger partial charge on any atom is -0.497 e. The molecule has 1 fully saturated rings. The normalized spacial score (nSPS) is 19.1. The first-order valence-electron chi connectivity index (χ1n) is 7.73. The van der Waals surface area contributed by atoms with Crippen molar-refractivity contribution in [2.75, 3.05) is 20.2 Å². The molecule has 2 atom stereocenters. The Hall–Kier alpha value is -1.34. The topological polar surface area (TPSA) is 68.5 Å². The minimum atomic E-state index is 0. The summed E-state index contributed by atoms with van der Waals surface area (Å²) >= 11 is 1.49. The maximum atomic E-state index is 12.7. The number of nitrogens with two attached hydrogens (primary N) is 1. The van der Waals surface area contributed by atoms with Crippen molar-refractivity contribution in [3.05, 3.63) is 35.3 Å². The summed E-state index contributed by atoms with van der Waals surface area (Å²) in [4.78, 5) is 19.1. The highest BCUT2D eigenvalue weighted by Crippen LogP contribution is 2.28. The standard InChI is InChI=1S/C17H21N3O2S.2ClH/c1-11-7-12(8-18)9-20(11)17(21)15-10-23-16(19-15)13-3-5-14(22-2)6-4-13;;/h3-6,10-12H,7-9,18H2,1-2H3;2*1H. The van der Waals surface area contributed by atoms with Crippen molar-refractivity contribution in [3.8, 4) is 16.3 Å². The first kappa shape index (κ1) is 21.7. The van der Waals surface area contributed by atoms with Gasteiger partial charge < -0.3 is 15.4 Å². The van der Waals surface area contributed by atoms with Crippen LogP contribution in [0.25, 0.3) is 10.6 Å². The summed E-state index contributed by atoms with van der Waals surface area (Å²) in [6.07, 6.45) is 0.970. The molecule has 1 aromatic carbocycles. The third-order valence-electron chi connectivity index (χ3n) is 4.32. The number of amides is 1. The van der Waals surface area contributed by atoms with E-state index in [9.17, 15) is 4.79 Å². The van der Waals surface area contributed by atoms with Gasteiger partial charge in [0.25, 0.3) is 5.91 Å². The molecule has 2 unspecified atom stereocenters. The number of hydrogen-bond acceptors (Lipinski definition) is 5. The van der Waals surface area contributed by atoms with Crippen LogP contribution in [0.15, 0.2) is 29.6 Å². The van der Waals surface area contributed by atoms with Crippen LogP contribution in [0.1, 0.15) is 23.8 Å². The van der Waals surface area contributed by atoms with E-state index in [1.165, 1.54) is 11.3 Å². The number of methoxy groups -OCH3 is 1. The van der Waals surface area contributed by atoms with Gasteiger partial charge in [-0.1, -0.05) is 0 Å². The Morgan fingerprint density at radius 3 is 2.60 bits per heavy atom. The SMILES string of the molecule is COc1ccc(-c2nc(C(=O)N3CC(CN)CC3C)cs2)cc1.Cl.Cl. The Labute approximate surface area is 164 Å². The van der Waals surface area contributed by atoms with Crippen LogP contribution in [0.3, 0.4) is 0 Å². The van der Waals surface area contributed by atoms with Gasteiger partial charge in [0.05, 0.1) is 7.11 Å². The molecule has 0 radical (unpaired) electrons. The monoisotopic (exact) mass is 403 g/mol. The van der Waals surface area contributed by atoms with Gasteiger partial charge in [0.1, 0.15) is 16.5 Å². The van der Waals surface area contributed by atoms with Gasteiger partial charge in [0, 0.05) is 23.5 Å². The molecule has 2 aromatic rings. The minimum absolute atomic E-state index is 0. The van der Waals surface area contributed by atoms with E-state index in [0.717, 1.165) is 29.3 Å². The average molecular weight is 404 g/mol. The average Bonchev–Trinajstić information content (AvgIpc) is 3.21. The highest BCUT2D eigenvalue weighted by molar-refractivity contribution is 7.13. The summed E-state index contributed by atoms with van der Waals surface area (Å²) in [5, 5.41) is 2.68. The third-order valence-corrected chi connectivity index (χ3v) is 5.21. The first-order chi connectivity index (χ1) is 11.1. The summed E-state index contributed by atoms with van der Waals surface area (Å²) in [7, 11) is 1.64. The number of carbonyl (C=O) groups excluding carboxylic acids is 1. The van der Waals surface area contributed by atoms with Crippen molar-refractivity contribution >= 4 is 42.1 Å². The quantitative estimate of drug-likeness (QED) is 0.847. The molecule has 2 heterocycles. The summed E-state index contributed by atoms with van der Waals surface area (Å²) in [5.74, 6) is 1.21. The van der Waals surface area contributed by atoms with E-state index in [2.05, 4.69) is 11.9 Å². The Morgan fingerprint density at radius 2 is 2.04 bits per heavy atom. The van der Waals surface area contributed by atoms with Crippen molar-refractivity contribution in [2.45, 2.75) is 19.4 Å². The van der Waals surface area contributed by atoms with E-state index in [4.69, 9.17) is 10.5 Å². The van der Waals surface area contributed by atoms with Crippen LogP contribution in [-0.2, 0) is 0 Å². The van der Waals surface area contributed by atoms with Crippen LogP contribution in [0, 0.1) is 5.92 Å². The van der Waals surface area contributed by atoms with Gasteiger partial charge in [-0.3, -0.25) is 4.79 Å². The molecule has 3 rings (SSSR count). The number of benzene rings is 1. The highest BCUT2D eigenvalue weighted by Gasteiger charge is 2.33. The number of likely N-dealkylation sites (tertiary alicyclic amines) is 1. The van der Waals surface area contributed by atoms with E-state index in [-0.39, 0.29) is 36.8 Å². The van der Waals surface area contributed by atoms with Crippen LogP contribution in [0.5, 0.6) is 5.75 Å². The second kappa shape index (κ2) is 9.38. The first-order valence-corrected chi connectivity index (χ1v) is 8.61. The molecule has 2 N–H and O–H groups in total. The van der Waals surface area contributed by atoms with Crippen molar-refractivity contribution < 1.29 is 9.53 Å². The van der Waals surface area contributed by atoms with Gasteiger partial charge in [-0.2, -0.15) is 0 Å². The Kier molecular flexibility index (Phi) is 8.15. The number of thiazole rings is 1. The third kappa shape index (κ3) is 4.64. The van der Waals surface area contributed by atoms with Crippen molar-refractivity contribution in [3.63, 3.8) is 0 Å². The van der Waals surface area contributed by atoms with Crippen LogP contribution < -0.4 is 10.5 Å². The molecule has 1 saturated heterocycles. The van der Waals surface area contributed by atoms with Crippen LogP contribution in [0.4, 0.5) is 0 Å². The van der Waals surface area contributed by atoms with Crippen LogP contribution in [-0.4, -0.2) is 42.0 Å². The number of rotatable bonds is 4. The highest BCUT2D eigenvalue weighted by atomic mass is 35.5. The van der Waals surface area contributed by atoms with Crippen molar-refractivity contribution in [2.24, 2.45) is 11.7 Å². The van der Waals surface area contributed by atoms with Gasteiger partial charge >= 0.3 is 0 Å². The molecule has 8 heteroatoms. The summed E-state index contributed by atoms with van der Waals surface area (Å²) < 4.78 is 5.16. The number of hydrogen-bond donors (Lipinski definition) is 1. The maximum absolute atomic E-state index is 12.7. The molecule has 138 valence electrons. The summed E-state index contributed by atoms with van der Waals surface area (Å²) in [5.41, 5.74) is 7.25. The number of halogens is 2. The molecule has 1 aliphatic rings. The smallest absolute Gasteiger partial charge is 0.273 e. The lowest BCUT2D eigenvalue weighted by molar-refractivity contribution is 0.0738. The van der Waals surface area contributed by atoms with E-state index < -0.39 is 0 Å². The van der Waals surface area contributed by atoms with E-state index >= 15 is 0 Å². The molecular formula is C17H23Cl2N3O2S. The number of carbonyl (C=O) groups is 1. The van der Waals surface area contributed by atoms with Gasteiger partial charge in [0.15, 0.2) is 0 Å². The summed E-state index contributed by atoms with van der Waals surface area (Å²) in [6.45, 7) is 3.43. The maximum Gasteiger partial charge on any atom is 0.273 e. The molecular weight excluding hydrogens is 381 g/mol. The molecule has 0 saturated carbocycles. The number of ether oxygens (including phenoxy) is 1. The molecule has 0 aliphatic carbocycles. The van der Waals surface area contributed by atoms with Gasteiger partial charge in [0.2, 0.25) is 0 Å². The zero-order chi connectivity index (χ0) is 16.4. The molecule has 5 nitrogen and oxygen atoms in total. The van der Waals surface area contributed by atoms with Gasteiger partial charge in [-0.05, 0) is 50.1 Å². The zero-order valence-electron chi connectivity index (χ0n) is 14.2. The van der Waals surface area contributed by atoms with E-state index in [1.807, 2.05) is 34.5 Å². The zero-order valence-corrected chi connectivity index (χ0v) is 16.6. The fraction of sp³-hybridized carbons (Fsp3) is 0.412. The lowest BCUT2D eigenvalue weighted by Gasteiger charge is -2.20. The lowest BCUT2D eigenvalue weighted by Crippen LogP contribution is -2.34. The largest absolute Gasteiger partial charge is 0.497 e. The van der Waals surface area contributed by atoms with Crippen LogP contribution >= 0.6 is 36.2 Å². The van der Waals surface area contributed by atoms with Gasteiger partial charge in [-0.15, -0.1) is 36.2 Å². The summed E-state index contributed by atoms with van der Waals surface area (Å²) in [6, 6.07) is 7.92. The van der Waals surface area contributed by atoms with Gasteiger partial charge in [-0.25, -0.2) is 4.98 Å². The second-order valence-corrected chi connectivity index (χ2v) is 6.77. The van der Waals surface area contributed by atoms with E-state index in [0.29, 0.717) is 18.2 Å². The Morgan fingerprint density at radius 1 is 1.36 bits per heavy atom. The molecule has 0 spiro atoms. The van der Waals surface area contributed by atoms with E-state index in [1.54, 1.807) is 7.11 Å². The van der Waals surface area contributed by atoms with Crippen molar-refractivity contribution in [1.82, 2.24) is 9.88 Å². The fourth-order valence-electron chi connectivity index (χ4n) is 2.98. The Balaban J connectivity index is 0.00000156.